The van der Waals surface area contributed by atoms with Crippen LogP contribution in [-0.2, 0) is 6.54 Å². The van der Waals surface area contributed by atoms with Crippen LogP contribution in [0.2, 0.25) is 0 Å². The summed E-state index contributed by atoms with van der Waals surface area (Å²) in [6.07, 6.45) is 0. The van der Waals surface area contributed by atoms with Gasteiger partial charge in [-0.25, -0.2) is 0 Å². The van der Waals surface area contributed by atoms with Crippen LogP contribution in [0.25, 0.3) is 22.8 Å². The van der Waals surface area contributed by atoms with Crippen LogP contribution in [0.3, 0.4) is 0 Å². The maximum atomic E-state index is 13.0. The van der Waals surface area contributed by atoms with Gasteiger partial charge in [-0.05, 0) is 24.3 Å². The fraction of sp³-hybridized carbons (Fsp3) is 0.320. The van der Waals surface area contributed by atoms with Crippen molar-refractivity contribution >= 4 is 5.91 Å². The minimum absolute atomic E-state index is 0.0214. The van der Waals surface area contributed by atoms with Crippen LogP contribution in [0.4, 0.5) is 0 Å². The van der Waals surface area contributed by atoms with Crippen molar-refractivity contribution < 1.29 is 13.8 Å². The highest BCUT2D eigenvalue weighted by atomic mass is 16.5. The lowest BCUT2D eigenvalue weighted by Gasteiger charge is -2.34. The molecule has 0 N–H and O–H groups in total. The van der Waals surface area contributed by atoms with Crippen LogP contribution < -0.4 is 0 Å². The van der Waals surface area contributed by atoms with E-state index in [9.17, 15) is 4.79 Å². The zero-order chi connectivity index (χ0) is 23.5. The molecule has 174 valence electrons. The molecule has 0 bridgehead atoms. The van der Waals surface area contributed by atoms with E-state index in [1.807, 2.05) is 73.3 Å². The van der Waals surface area contributed by atoms with Gasteiger partial charge in [0.25, 0.3) is 11.8 Å². The fourth-order valence-corrected chi connectivity index (χ4v) is 3.86. The Kier molecular flexibility index (Phi) is 6.18. The Bertz CT molecular complexity index is 1240. The summed E-state index contributed by atoms with van der Waals surface area (Å²) in [4.78, 5) is 26.0. The SMILES string of the molecule is CC(C)c1nc(-c2ccc(C(=O)N3CCN(Cc4noc(-c5ccccc5)n4)CC3)cc2)no1. The fourth-order valence-electron chi connectivity index (χ4n) is 3.86. The number of benzene rings is 2. The van der Waals surface area contributed by atoms with Gasteiger partial charge in [0.05, 0.1) is 6.54 Å². The number of nitrogens with zero attached hydrogens (tertiary/aromatic N) is 6. The topological polar surface area (TPSA) is 101 Å². The molecular weight excluding hydrogens is 432 g/mol. The third-order valence-electron chi connectivity index (χ3n) is 5.84. The van der Waals surface area contributed by atoms with Gasteiger partial charge in [0.2, 0.25) is 11.7 Å². The van der Waals surface area contributed by atoms with Crippen LogP contribution in [0.15, 0.2) is 63.6 Å². The maximum Gasteiger partial charge on any atom is 0.257 e. The molecule has 1 aliphatic rings. The van der Waals surface area contributed by atoms with Crippen LogP contribution in [-0.4, -0.2) is 62.2 Å². The lowest BCUT2D eigenvalue weighted by atomic mass is 10.1. The van der Waals surface area contributed by atoms with E-state index in [1.165, 1.54) is 0 Å². The normalized spacial score (nSPS) is 14.6. The lowest BCUT2D eigenvalue weighted by molar-refractivity contribution is 0.0624. The average Bonchev–Trinajstić information content (AvgIpc) is 3.55. The monoisotopic (exact) mass is 458 g/mol. The molecule has 1 aliphatic heterocycles. The number of aromatic nitrogens is 4. The highest BCUT2D eigenvalue weighted by molar-refractivity contribution is 5.94. The molecule has 2 aromatic carbocycles. The van der Waals surface area contributed by atoms with E-state index < -0.39 is 0 Å². The first-order valence-corrected chi connectivity index (χ1v) is 11.4. The van der Waals surface area contributed by atoms with E-state index in [0.29, 0.717) is 48.6 Å². The van der Waals surface area contributed by atoms with Crippen LogP contribution >= 0.6 is 0 Å². The summed E-state index contributed by atoms with van der Waals surface area (Å²) in [5.74, 6) is 2.50. The highest BCUT2D eigenvalue weighted by Gasteiger charge is 2.23. The minimum atomic E-state index is 0.0214. The maximum absolute atomic E-state index is 13.0. The molecule has 0 unspecified atom stereocenters. The Morgan fingerprint density at radius 1 is 0.882 bits per heavy atom. The Morgan fingerprint density at radius 3 is 2.29 bits per heavy atom. The quantitative estimate of drug-likeness (QED) is 0.429. The predicted molar refractivity (Wildman–Crippen MR) is 125 cm³/mol. The van der Waals surface area contributed by atoms with Gasteiger partial charge in [-0.1, -0.05) is 54.5 Å². The zero-order valence-electron chi connectivity index (χ0n) is 19.2. The molecule has 0 saturated carbocycles. The largest absolute Gasteiger partial charge is 0.339 e. The first-order valence-electron chi connectivity index (χ1n) is 11.4. The molecule has 1 fully saturated rings. The van der Waals surface area contributed by atoms with Crippen LogP contribution in [0, 0.1) is 0 Å². The molecule has 0 aliphatic carbocycles. The van der Waals surface area contributed by atoms with Crippen molar-refractivity contribution in [1.29, 1.82) is 0 Å². The van der Waals surface area contributed by atoms with E-state index >= 15 is 0 Å². The van der Waals surface area contributed by atoms with E-state index in [0.717, 1.165) is 24.2 Å². The van der Waals surface area contributed by atoms with Gasteiger partial charge in [-0.2, -0.15) is 9.97 Å². The smallest absolute Gasteiger partial charge is 0.257 e. The molecule has 2 aromatic heterocycles. The molecule has 3 heterocycles. The average molecular weight is 459 g/mol. The van der Waals surface area contributed by atoms with E-state index in [-0.39, 0.29) is 11.8 Å². The number of carbonyl (C=O) groups excluding carboxylic acids is 1. The van der Waals surface area contributed by atoms with Crippen molar-refractivity contribution in [3.8, 4) is 22.8 Å². The summed E-state index contributed by atoms with van der Waals surface area (Å²) in [7, 11) is 0. The van der Waals surface area contributed by atoms with Crippen molar-refractivity contribution in [2.75, 3.05) is 26.2 Å². The summed E-state index contributed by atoms with van der Waals surface area (Å²) in [6.45, 7) is 7.39. The van der Waals surface area contributed by atoms with Gasteiger partial charge in [0, 0.05) is 48.8 Å². The number of hydrogen-bond donors (Lipinski definition) is 0. The summed E-state index contributed by atoms with van der Waals surface area (Å²) in [6, 6.07) is 17.1. The molecule has 0 spiro atoms. The molecule has 0 radical (unpaired) electrons. The third-order valence-corrected chi connectivity index (χ3v) is 5.84. The molecule has 9 nitrogen and oxygen atoms in total. The highest BCUT2D eigenvalue weighted by Crippen LogP contribution is 2.21. The van der Waals surface area contributed by atoms with Crippen molar-refractivity contribution in [3.63, 3.8) is 0 Å². The Balaban J connectivity index is 1.15. The summed E-state index contributed by atoms with van der Waals surface area (Å²) in [5, 5.41) is 8.14. The molecule has 1 amide bonds. The summed E-state index contributed by atoms with van der Waals surface area (Å²) < 4.78 is 10.7. The molecule has 34 heavy (non-hydrogen) atoms. The van der Waals surface area contributed by atoms with Crippen molar-refractivity contribution in [1.82, 2.24) is 30.1 Å². The Hall–Kier alpha value is -3.85. The van der Waals surface area contributed by atoms with Gasteiger partial charge >= 0.3 is 0 Å². The number of rotatable bonds is 6. The zero-order valence-corrected chi connectivity index (χ0v) is 19.2. The second-order valence-electron chi connectivity index (χ2n) is 8.64. The van der Waals surface area contributed by atoms with Gasteiger partial charge in [0.15, 0.2) is 5.82 Å². The van der Waals surface area contributed by atoms with Gasteiger partial charge in [-0.15, -0.1) is 0 Å². The van der Waals surface area contributed by atoms with Gasteiger partial charge in [-0.3, -0.25) is 9.69 Å². The minimum Gasteiger partial charge on any atom is -0.339 e. The molecular formula is C25H26N6O3. The molecule has 9 heteroatoms. The van der Waals surface area contributed by atoms with E-state index in [4.69, 9.17) is 9.05 Å². The van der Waals surface area contributed by atoms with Crippen LogP contribution in [0.1, 0.15) is 41.8 Å². The van der Waals surface area contributed by atoms with E-state index in [2.05, 4.69) is 25.2 Å². The standard InChI is InChI=1S/C25H26N6O3/c1-17(2)23-27-22(29-33-23)18-8-10-20(11-9-18)25(32)31-14-12-30(13-15-31)16-21-26-24(34-28-21)19-6-4-3-5-7-19/h3-11,17H,12-16H2,1-2H3. The molecule has 0 atom stereocenters. The number of amides is 1. The Morgan fingerprint density at radius 2 is 1.62 bits per heavy atom. The number of hydrogen-bond acceptors (Lipinski definition) is 8. The van der Waals surface area contributed by atoms with Crippen molar-refractivity contribution in [3.05, 3.63) is 71.9 Å². The number of piperazine rings is 1. The van der Waals surface area contributed by atoms with Gasteiger partial charge < -0.3 is 13.9 Å². The first kappa shape index (κ1) is 22.0. The van der Waals surface area contributed by atoms with Crippen molar-refractivity contribution in [2.45, 2.75) is 26.3 Å². The van der Waals surface area contributed by atoms with Crippen molar-refractivity contribution in [2.24, 2.45) is 0 Å². The second kappa shape index (κ2) is 9.56. The lowest BCUT2D eigenvalue weighted by Crippen LogP contribution is -2.48. The summed E-state index contributed by atoms with van der Waals surface area (Å²) >= 11 is 0. The molecule has 4 aromatic rings. The summed E-state index contributed by atoms with van der Waals surface area (Å²) in [5.41, 5.74) is 2.38. The van der Waals surface area contributed by atoms with Gasteiger partial charge in [0.1, 0.15) is 0 Å². The Labute approximate surface area is 197 Å². The predicted octanol–water partition coefficient (Wildman–Crippen LogP) is 3.87. The number of carbonyl (C=O) groups is 1. The first-order chi connectivity index (χ1) is 16.6. The third kappa shape index (κ3) is 4.74. The molecule has 5 rings (SSSR count). The molecule has 1 saturated heterocycles. The second-order valence-corrected chi connectivity index (χ2v) is 8.64. The van der Waals surface area contributed by atoms with Crippen LogP contribution in [0.5, 0.6) is 0 Å². The van der Waals surface area contributed by atoms with E-state index in [1.54, 1.807) is 0 Å².